The van der Waals surface area contributed by atoms with Crippen LogP contribution in [0.2, 0.25) is 0 Å². The van der Waals surface area contributed by atoms with Crippen molar-refractivity contribution in [2.45, 2.75) is 38.8 Å². The molecule has 0 unspecified atom stereocenters. The van der Waals surface area contributed by atoms with Crippen molar-refractivity contribution in [3.05, 3.63) is 0 Å². The van der Waals surface area contributed by atoms with E-state index in [4.69, 9.17) is 14.2 Å². The quantitative estimate of drug-likeness (QED) is 0.473. The highest BCUT2D eigenvalue weighted by Gasteiger charge is 2.27. The molecule has 8 nitrogen and oxygen atoms in total. The van der Waals surface area contributed by atoms with E-state index in [2.05, 4.69) is 10.1 Å². The highest BCUT2D eigenvalue weighted by molar-refractivity contribution is 5.88. The largest absolute Gasteiger partial charge is 0.467 e. The molecule has 8 heteroatoms. The van der Waals surface area contributed by atoms with Crippen LogP contribution in [0.15, 0.2) is 0 Å². The lowest BCUT2D eigenvalue weighted by Crippen LogP contribution is -2.45. The van der Waals surface area contributed by atoms with E-state index in [0.717, 1.165) is 0 Å². The average molecular weight is 319 g/mol. The molecule has 0 radical (unpaired) electrons. The summed E-state index contributed by atoms with van der Waals surface area (Å²) < 4.78 is 19.5. The Bertz CT molecular complexity index is 376. The van der Waals surface area contributed by atoms with Crippen molar-refractivity contribution < 1.29 is 33.3 Å². The van der Waals surface area contributed by atoms with Crippen LogP contribution in [0.5, 0.6) is 0 Å². The van der Waals surface area contributed by atoms with Gasteiger partial charge in [-0.1, -0.05) is 0 Å². The zero-order valence-electron chi connectivity index (χ0n) is 13.8. The highest BCUT2D eigenvalue weighted by atomic mass is 16.6. The topological polar surface area (TPSA) is 100 Å². The summed E-state index contributed by atoms with van der Waals surface area (Å²) in [7, 11) is 2.68. The van der Waals surface area contributed by atoms with E-state index in [-0.39, 0.29) is 19.6 Å². The van der Waals surface area contributed by atoms with Gasteiger partial charge in [-0.25, -0.2) is 4.79 Å². The van der Waals surface area contributed by atoms with Gasteiger partial charge in [0.1, 0.15) is 18.2 Å². The monoisotopic (exact) mass is 319 g/mol. The van der Waals surface area contributed by atoms with Crippen LogP contribution in [-0.2, 0) is 33.3 Å². The van der Waals surface area contributed by atoms with Crippen molar-refractivity contribution in [1.82, 2.24) is 5.32 Å². The molecule has 0 heterocycles. The standard InChI is InChI=1S/C14H25NO7/c1-14(2,3)22-12(17)8-10(13(18)20-5)15-11(16)9-21-7-6-19-4/h10H,6-9H2,1-5H3,(H,15,16)/t10-/m1/s1. The van der Waals surface area contributed by atoms with Crippen LogP contribution in [0, 0.1) is 0 Å². The Hall–Kier alpha value is -1.67. The first-order chi connectivity index (χ1) is 10.2. The second-order valence-electron chi connectivity index (χ2n) is 5.48. The first-order valence-electron chi connectivity index (χ1n) is 6.85. The van der Waals surface area contributed by atoms with Gasteiger partial charge in [0.15, 0.2) is 0 Å². The van der Waals surface area contributed by atoms with E-state index in [9.17, 15) is 14.4 Å². The van der Waals surface area contributed by atoms with Gasteiger partial charge in [0.25, 0.3) is 0 Å². The van der Waals surface area contributed by atoms with Crippen molar-refractivity contribution in [1.29, 1.82) is 0 Å². The Labute approximate surface area is 130 Å². The summed E-state index contributed by atoms with van der Waals surface area (Å²) in [6, 6.07) is -1.11. The maximum absolute atomic E-state index is 11.7. The van der Waals surface area contributed by atoms with Crippen molar-refractivity contribution in [2.24, 2.45) is 0 Å². The lowest BCUT2D eigenvalue weighted by molar-refractivity contribution is -0.159. The maximum Gasteiger partial charge on any atom is 0.328 e. The number of methoxy groups -OCH3 is 2. The van der Waals surface area contributed by atoms with Crippen molar-refractivity contribution in [3.63, 3.8) is 0 Å². The zero-order valence-corrected chi connectivity index (χ0v) is 13.8. The molecule has 0 aliphatic carbocycles. The van der Waals surface area contributed by atoms with Gasteiger partial charge in [-0.2, -0.15) is 0 Å². The van der Waals surface area contributed by atoms with E-state index < -0.39 is 29.5 Å². The molecule has 0 saturated heterocycles. The fourth-order valence-corrected chi connectivity index (χ4v) is 1.43. The summed E-state index contributed by atoms with van der Waals surface area (Å²) in [6.07, 6.45) is -0.312. The van der Waals surface area contributed by atoms with Crippen molar-refractivity contribution in [2.75, 3.05) is 34.0 Å². The van der Waals surface area contributed by atoms with Crippen molar-refractivity contribution in [3.8, 4) is 0 Å². The van der Waals surface area contributed by atoms with Crippen LogP contribution in [-0.4, -0.2) is 63.5 Å². The summed E-state index contributed by atoms with van der Waals surface area (Å²) in [6.45, 7) is 5.48. The molecule has 1 amide bonds. The smallest absolute Gasteiger partial charge is 0.328 e. The van der Waals surface area contributed by atoms with E-state index in [1.807, 2.05) is 0 Å². The first-order valence-corrected chi connectivity index (χ1v) is 6.85. The van der Waals surface area contributed by atoms with Gasteiger partial charge in [-0.3, -0.25) is 9.59 Å². The lowest BCUT2D eigenvalue weighted by Gasteiger charge is -2.22. The number of carbonyl (C=O) groups excluding carboxylic acids is 3. The molecule has 1 N–H and O–H groups in total. The van der Waals surface area contributed by atoms with Crippen LogP contribution in [0.3, 0.4) is 0 Å². The Morgan fingerprint density at radius 3 is 2.23 bits per heavy atom. The molecule has 0 aliphatic heterocycles. The number of hydrogen-bond donors (Lipinski definition) is 1. The first kappa shape index (κ1) is 20.3. The van der Waals surface area contributed by atoms with Crippen molar-refractivity contribution >= 4 is 17.8 Å². The summed E-state index contributed by atoms with van der Waals surface area (Å²) >= 11 is 0. The number of esters is 2. The van der Waals surface area contributed by atoms with E-state index in [1.54, 1.807) is 20.8 Å². The predicted octanol–water partition coefficient (Wildman–Crippen LogP) is 0.0390. The number of amides is 1. The number of ether oxygens (including phenoxy) is 4. The molecule has 0 aromatic carbocycles. The van der Waals surface area contributed by atoms with Gasteiger partial charge < -0.3 is 24.3 Å². The summed E-state index contributed by atoms with van der Waals surface area (Å²) in [5.74, 6) is -1.87. The van der Waals surface area contributed by atoms with Crippen LogP contribution >= 0.6 is 0 Å². The third-order valence-corrected chi connectivity index (χ3v) is 2.28. The molecular formula is C14H25NO7. The van der Waals surface area contributed by atoms with Gasteiger partial charge in [-0.05, 0) is 20.8 Å². The molecule has 0 aromatic rings. The Balaban J connectivity index is 4.43. The van der Waals surface area contributed by atoms with Gasteiger partial charge in [-0.15, -0.1) is 0 Å². The number of hydrogen-bond acceptors (Lipinski definition) is 7. The minimum atomic E-state index is -1.11. The van der Waals surface area contributed by atoms with E-state index in [0.29, 0.717) is 6.61 Å². The predicted molar refractivity (Wildman–Crippen MR) is 77.1 cm³/mol. The molecule has 0 fully saturated rings. The summed E-state index contributed by atoms with van der Waals surface area (Å²) in [5.41, 5.74) is -0.676. The second kappa shape index (κ2) is 10.1. The molecule has 128 valence electrons. The van der Waals surface area contributed by atoms with Crippen LogP contribution in [0.4, 0.5) is 0 Å². The van der Waals surface area contributed by atoms with Gasteiger partial charge in [0, 0.05) is 7.11 Å². The van der Waals surface area contributed by atoms with Gasteiger partial charge in [0.05, 0.1) is 26.7 Å². The molecule has 0 saturated carbocycles. The van der Waals surface area contributed by atoms with Gasteiger partial charge >= 0.3 is 11.9 Å². The van der Waals surface area contributed by atoms with Crippen LogP contribution in [0.25, 0.3) is 0 Å². The minimum absolute atomic E-state index is 0.245. The number of rotatable bonds is 9. The fraction of sp³-hybridized carbons (Fsp3) is 0.786. The maximum atomic E-state index is 11.7. The number of nitrogens with one attached hydrogen (secondary N) is 1. The second-order valence-corrected chi connectivity index (χ2v) is 5.48. The Morgan fingerprint density at radius 2 is 1.73 bits per heavy atom. The molecule has 1 atom stereocenters. The Morgan fingerprint density at radius 1 is 1.09 bits per heavy atom. The normalized spacial score (nSPS) is 12.4. The fourth-order valence-electron chi connectivity index (χ4n) is 1.43. The highest BCUT2D eigenvalue weighted by Crippen LogP contribution is 2.09. The molecule has 0 bridgehead atoms. The van der Waals surface area contributed by atoms with Crippen LogP contribution < -0.4 is 5.32 Å². The van der Waals surface area contributed by atoms with E-state index in [1.165, 1.54) is 14.2 Å². The molecule has 0 spiro atoms. The lowest BCUT2D eigenvalue weighted by atomic mass is 10.1. The van der Waals surface area contributed by atoms with Crippen LogP contribution in [0.1, 0.15) is 27.2 Å². The average Bonchev–Trinajstić information content (AvgIpc) is 2.40. The molecular weight excluding hydrogens is 294 g/mol. The summed E-state index contributed by atoms with van der Waals surface area (Å²) in [5, 5.41) is 2.38. The Kier molecular flexibility index (Phi) is 9.35. The molecule has 22 heavy (non-hydrogen) atoms. The molecule has 0 aromatic heterocycles. The zero-order chi connectivity index (χ0) is 17.2. The third-order valence-electron chi connectivity index (χ3n) is 2.28. The minimum Gasteiger partial charge on any atom is -0.467 e. The van der Waals surface area contributed by atoms with Gasteiger partial charge in [0.2, 0.25) is 5.91 Å². The summed E-state index contributed by atoms with van der Waals surface area (Å²) in [4.78, 5) is 35.0. The SMILES string of the molecule is COCCOCC(=O)N[C@H](CC(=O)OC(C)(C)C)C(=O)OC. The molecule has 0 aliphatic rings. The van der Waals surface area contributed by atoms with E-state index >= 15 is 0 Å². The number of carbonyl (C=O) groups is 3. The molecule has 0 rings (SSSR count). The third kappa shape index (κ3) is 10.1.